The highest BCUT2D eigenvalue weighted by atomic mass is 35.5. The summed E-state index contributed by atoms with van der Waals surface area (Å²) in [5.41, 5.74) is 2.34. The Balaban J connectivity index is 1.97. The smallest absolute Gasteiger partial charge is 0.300 e. The van der Waals surface area contributed by atoms with Crippen LogP contribution in [0.3, 0.4) is 0 Å². The minimum Gasteiger partial charge on any atom is -0.507 e. The Morgan fingerprint density at radius 3 is 2.32 bits per heavy atom. The number of hydrogen-bond acceptors (Lipinski definition) is 3. The monoisotopic (exact) mass is 471 g/mol. The standard InChI is InChI=1S/C24H16Cl3NO3/c1-13-4-2-5-14(10-13)21-20(22(29)15-8-9-18(26)19(27)11-15)23(30)24(31)28(21)17-7-3-6-16(25)12-17/h2-12,21,29H,1H3/b22-20+. The van der Waals surface area contributed by atoms with E-state index in [0.717, 1.165) is 5.56 Å². The summed E-state index contributed by atoms with van der Waals surface area (Å²) in [6.45, 7) is 1.91. The summed E-state index contributed by atoms with van der Waals surface area (Å²) in [6, 6.07) is 17.8. The molecule has 1 fully saturated rings. The molecule has 1 amide bonds. The van der Waals surface area contributed by atoms with E-state index in [0.29, 0.717) is 21.3 Å². The first-order valence-corrected chi connectivity index (χ1v) is 10.5. The number of nitrogens with zero attached hydrogens (tertiary/aromatic N) is 1. The van der Waals surface area contributed by atoms with Crippen molar-refractivity contribution in [3.63, 3.8) is 0 Å². The van der Waals surface area contributed by atoms with Gasteiger partial charge in [0, 0.05) is 16.3 Å². The number of carbonyl (C=O) groups is 2. The molecule has 1 heterocycles. The molecular weight excluding hydrogens is 457 g/mol. The summed E-state index contributed by atoms with van der Waals surface area (Å²) >= 11 is 18.2. The van der Waals surface area contributed by atoms with Crippen molar-refractivity contribution in [1.29, 1.82) is 0 Å². The Morgan fingerprint density at radius 1 is 0.903 bits per heavy atom. The van der Waals surface area contributed by atoms with Gasteiger partial charge < -0.3 is 5.11 Å². The zero-order chi connectivity index (χ0) is 22.3. The van der Waals surface area contributed by atoms with E-state index in [1.807, 2.05) is 31.2 Å². The number of aryl methyl sites for hydroxylation is 1. The van der Waals surface area contributed by atoms with E-state index in [4.69, 9.17) is 34.8 Å². The molecule has 1 aliphatic heterocycles. The van der Waals surface area contributed by atoms with Crippen molar-refractivity contribution in [2.24, 2.45) is 0 Å². The fourth-order valence-electron chi connectivity index (χ4n) is 3.68. The van der Waals surface area contributed by atoms with Crippen molar-refractivity contribution in [2.75, 3.05) is 4.90 Å². The van der Waals surface area contributed by atoms with Crippen molar-refractivity contribution < 1.29 is 14.7 Å². The second-order valence-electron chi connectivity index (χ2n) is 7.19. The number of aliphatic hydroxyl groups excluding tert-OH is 1. The van der Waals surface area contributed by atoms with Gasteiger partial charge in [0.15, 0.2) is 0 Å². The molecule has 0 saturated carbocycles. The van der Waals surface area contributed by atoms with Crippen LogP contribution in [0.4, 0.5) is 5.69 Å². The molecule has 156 valence electrons. The SMILES string of the molecule is Cc1cccc(C2/C(=C(\O)c3ccc(Cl)c(Cl)c3)C(=O)C(=O)N2c2cccc(Cl)c2)c1. The van der Waals surface area contributed by atoms with Gasteiger partial charge in [0.25, 0.3) is 11.7 Å². The van der Waals surface area contributed by atoms with E-state index >= 15 is 0 Å². The molecule has 3 aromatic rings. The second kappa shape index (κ2) is 8.39. The van der Waals surface area contributed by atoms with E-state index < -0.39 is 17.7 Å². The highest BCUT2D eigenvalue weighted by Crippen LogP contribution is 2.43. The Kier molecular flexibility index (Phi) is 5.80. The zero-order valence-electron chi connectivity index (χ0n) is 16.3. The first-order chi connectivity index (χ1) is 14.8. The highest BCUT2D eigenvalue weighted by molar-refractivity contribution is 6.52. The van der Waals surface area contributed by atoms with Crippen molar-refractivity contribution >= 4 is 57.9 Å². The van der Waals surface area contributed by atoms with Crippen LogP contribution in [0.15, 0.2) is 72.3 Å². The average Bonchev–Trinajstić information content (AvgIpc) is 3.00. The zero-order valence-corrected chi connectivity index (χ0v) is 18.5. The fourth-order valence-corrected chi connectivity index (χ4v) is 4.16. The molecule has 4 rings (SSSR count). The van der Waals surface area contributed by atoms with E-state index in [9.17, 15) is 14.7 Å². The normalized spacial score (nSPS) is 17.9. The molecule has 0 spiro atoms. The van der Waals surface area contributed by atoms with Crippen LogP contribution in [0.5, 0.6) is 0 Å². The molecule has 31 heavy (non-hydrogen) atoms. The molecule has 4 nitrogen and oxygen atoms in total. The van der Waals surface area contributed by atoms with Crippen molar-refractivity contribution in [3.8, 4) is 0 Å². The maximum atomic E-state index is 13.1. The lowest BCUT2D eigenvalue weighted by Gasteiger charge is -2.26. The van der Waals surface area contributed by atoms with Gasteiger partial charge in [-0.15, -0.1) is 0 Å². The molecule has 0 bridgehead atoms. The summed E-state index contributed by atoms with van der Waals surface area (Å²) in [5.74, 6) is -1.88. The third-order valence-corrected chi connectivity index (χ3v) is 6.06. The van der Waals surface area contributed by atoms with Crippen molar-refractivity contribution in [2.45, 2.75) is 13.0 Å². The number of Topliss-reactive ketones (excluding diaryl/α,β-unsaturated/α-hetero) is 1. The molecule has 1 unspecified atom stereocenters. The van der Waals surface area contributed by atoms with E-state index in [2.05, 4.69) is 0 Å². The van der Waals surface area contributed by atoms with E-state index in [1.165, 1.54) is 17.0 Å². The maximum absolute atomic E-state index is 13.1. The third-order valence-electron chi connectivity index (χ3n) is 5.08. The van der Waals surface area contributed by atoms with Gasteiger partial charge in [0.05, 0.1) is 21.7 Å². The van der Waals surface area contributed by atoms with Crippen LogP contribution in [0, 0.1) is 6.92 Å². The van der Waals surface area contributed by atoms with Gasteiger partial charge in [-0.05, 0) is 48.9 Å². The van der Waals surface area contributed by atoms with Gasteiger partial charge in [0.1, 0.15) is 5.76 Å². The van der Waals surface area contributed by atoms with Crippen LogP contribution in [0.2, 0.25) is 15.1 Å². The summed E-state index contributed by atoms with van der Waals surface area (Å²) in [4.78, 5) is 27.6. The Bertz CT molecular complexity index is 1250. The number of aliphatic hydroxyl groups is 1. The van der Waals surface area contributed by atoms with Crippen LogP contribution in [-0.4, -0.2) is 16.8 Å². The van der Waals surface area contributed by atoms with Crippen LogP contribution in [-0.2, 0) is 9.59 Å². The van der Waals surface area contributed by atoms with Crippen LogP contribution in [0.1, 0.15) is 22.7 Å². The van der Waals surface area contributed by atoms with Gasteiger partial charge in [-0.25, -0.2) is 0 Å². The number of carbonyl (C=O) groups excluding carboxylic acids is 2. The minimum absolute atomic E-state index is 0.0334. The molecule has 1 saturated heterocycles. The lowest BCUT2D eigenvalue weighted by molar-refractivity contribution is -0.132. The molecule has 7 heteroatoms. The molecule has 3 aromatic carbocycles. The predicted molar refractivity (Wildman–Crippen MR) is 124 cm³/mol. The maximum Gasteiger partial charge on any atom is 0.300 e. The van der Waals surface area contributed by atoms with Crippen LogP contribution >= 0.6 is 34.8 Å². The molecule has 0 aromatic heterocycles. The molecule has 1 aliphatic rings. The number of ketones is 1. The largest absolute Gasteiger partial charge is 0.507 e. The van der Waals surface area contributed by atoms with Gasteiger partial charge >= 0.3 is 0 Å². The number of rotatable bonds is 3. The first kappa shape index (κ1) is 21.4. The summed E-state index contributed by atoms with van der Waals surface area (Å²) in [6.07, 6.45) is 0. The number of benzene rings is 3. The number of amides is 1. The van der Waals surface area contributed by atoms with Crippen molar-refractivity contribution in [3.05, 3.63) is 104 Å². The Morgan fingerprint density at radius 2 is 1.65 bits per heavy atom. The average molecular weight is 473 g/mol. The highest BCUT2D eigenvalue weighted by Gasteiger charge is 2.47. The summed E-state index contributed by atoms with van der Waals surface area (Å²) < 4.78 is 0. The van der Waals surface area contributed by atoms with Gasteiger partial charge in [-0.1, -0.05) is 70.7 Å². The Hall–Kier alpha value is -2.79. The predicted octanol–water partition coefficient (Wildman–Crippen LogP) is 6.58. The molecular formula is C24H16Cl3NO3. The number of halogens is 3. The fraction of sp³-hybridized carbons (Fsp3) is 0.0833. The summed E-state index contributed by atoms with van der Waals surface area (Å²) in [7, 11) is 0. The number of anilines is 1. The first-order valence-electron chi connectivity index (χ1n) is 9.36. The molecule has 0 aliphatic carbocycles. The lowest BCUT2D eigenvalue weighted by Crippen LogP contribution is -2.29. The van der Waals surface area contributed by atoms with Crippen molar-refractivity contribution in [1.82, 2.24) is 0 Å². The molecule has 1 N–H and O–H groups in total. The lowest BCUT2D eigenvalue weighted by atomic mass is 9.94. The summed E-state index contributed by atoms with van der Waals surface area (Å²) in [5, 5.41) is 12.1. The van der Waals surface area contributed by atoms with Crippen LogP contribution in [0.25, 0.3) is 5.76 Å². The molecule has 0 radical (unpaired) electrons. The number of hydrogen-bond donors (Lipinski definition) is 1. The van der Waals surface area contributed by atoms with Gasteiger partial charge in [0.2, 0.25) is 0 Å². The third kappa shape index (κ3) is 3.94. The quantitative estimate of drug-likeness (QED) is 0.266. The molecule has 1 atom stereocenters. The van der Waals surface area contributed by atoms with Crippen LogP contribution < -0.4 is 4.90 Å². The minimum atomic E-state index is -0.840. The Labute approximate surface area is 194 Å². The second-order valence-corrected chi connectivity index (χ2v) is 8.44. The topological polar surface area (TPSA) is 57.6 Å². The van der Waals surface area contributed by atoms with E-state index in [1.54, 1.807) is 30.3 Å². The van der Waals surface area contributed by atoms with E-state index in [-0.39, 0.29) is 21.9 Å². The van der Waals surface area contributed by atoms with Gasteiger partial charge in [-0.3, -0.25) is 14.5 Å². The van der Waals surface area contributed by atoms with Gasteiger partial charge in [-0.2, -0.15) is 0 Å².